The summed E-state index contributed by atoms with van der Waals surface area (Å²) in [5.41, 5.74) is 13.9. The van der Waals surface area contributed by atoms with Crippen LogP contribution in [0.1, 0.15) is 21.5 Å². The molecular formula is C15H16N2O2S. The minimum Gasteiger partial charge on any atom is -0.398 e. The minimum absolute atomic E-state index is 0.353. The lowest BCUT2D eigenvalue weighted by molar-refractivity contribution is 0.100. The zero-order chi connectivity index (χ0) is 14.7. The Labute approximate surface area is 120 Å². The lowest BCUT2D eigenvalue weighted by Gasteiger charge is -2.07. The quantitative estimate of drug-likeness (QED) is 0.843. The van der Waals surface area contributed by atoms with Gasteiger partial charge in [-0.1, -0.05) is 18.2 Å². The van der Waals surface area contributed by atoms with E-state index in [0.29, 0.717) is 21.9 Å². The second-order valence-electron chi connectivity index (χ2n) is 4.59. The van der Waals surface area contributed by atoms with Crippen LogP contribution < -0.4 is 11.5 Å². The molecule has 2 aromatic carbocycles. The Balaban J connectivity index is 2.17. The van der Waals surface area contributed by atoms with Crippen molar-refractivity contribution in [1.29, 1.82) is 0 Å². The zero-order valence-corrected chi connectivity index (χ0v) is 11.9. The van der Waals surface area contributed by atoms with Gasteiger partial charge in [-0.25, -0.2) is 0 Å². The summed E-state index contributed by atoms with van der Waals surface area (Å²) < 4.78 is 12.3. The van der Waals surface area contributed by atoms with Gasteiger partial charge >= 0.3 is 0 Å². The predicted octanol–water partition coefficient (Wildman–Crippen LogP) is 1.98. The normalized spacial score (nSPS) is 12.1. The Morgan fingerprint density at radius 3 is 2.35 bits per heavy atom. The molecule has 0 bridgehead atoms. The van der Waals surface area contributed by atoms with E-state index in [-0.39, 0.29) is 0 Å². The third-order valence-corrected chi connectivity index (χ3v) is 4.40. The van der Waals surface area contributed by atoms with Crippen LogP contribution in [0.2, 0.25) is 0 Å². The average Bonchev–Trinajstić information content (AvgIpc) is 2.39. The van der Waals surface area contributed by atoms with Gasteiger partial charge in [0.15, 0.2) is 0 Å². The summed E-state index contributed by atoms with van der Waals surface area (Å²) in [6.45, 7) is 1.94. The van der Waals surface area contributed by atoms with Crippen molar-refractivity contribution in [2.45, 2.75) is 17.6 Å². The first-order valence-electron chi connectivity index (χ1n) is 6.10. The molecule has 0 spiro atoms. The van der Waals surface area contributed by atoms with Crippen molar-refractivity contribution in [3.63, 3.8) is 0 Å². The smallest absolute Gasteiger partial charge is 0.248 e. The first kappa shape index (κ1) is 14.3. The van der Waals surface area contributed by atoms with E-state index in [4.69, 9.17) is 11.5 Å². The molecule has 0 saturated heterocycles. The van der Waals surface area contributed by atoms with E-state index >= 15 is 0 Å². The van der Waals surface area contributed by atoms with E-state index in [1.807, 2.05) is 19.1 Å². The largest absolute Gasteiger partial charge is 0.398 e. The van der Waals surface area contributed by atoms with Gasteiger partial charge in [-0.2, -0.15) is 0 Å². The number of carbonyl (C=O) groups is 1. The van der Waals surface area contributed by atoms with Crippen molar-refractivity contribution >= 4 is 22.4 Å². The highest BCUT2D eigenvalue weighted by Crippen LogP contribution is 2.20. The van der Waals surface area contributed by atoms with Crippen LogP contribution in [0.25, 0.3) is 0 Å². The highest BCUT2D eigenvalue weighted by atomic mass is 32.2. The fourth-order valence-corrected chi connectivity index (χ4v) is 3.06. The van der Waals surface area contributed by atoms with E-state index in [1.165, 1.54) is 0 Å². The standard InChI is InChI=1S/C15H16N2O2S/c1-10-2-7-14(13(16)8-10)20(19)9-11-3-5-12(6-4-11)15(17)18/h2-8H,9,16H2,1H3,(H2,17,18). The molecule has 4 nitrogen and oxygen atoms in total. The van der Waals surface area contributed by atoms with E-state index in [2.05, 4.69) is 0 Å². The highest BCUT2D eigenvalue weighted by Gasteiger charge is 2.09. The molecule has 1 atom stereocenters. The highest BCUT2D eigenvalue weighted by molar-refractivity contribution is 7.84. The number of nitrogens with two attached hydrogens (primary N) is 2. The van der Waals surface area contributed by atoms with Crippen LogP contribution in [0, 0.1) is 6.92 Å². The van der Waals surface area contributed by atoms with Gasteiger partial charge in [-0.15, -0.1) is 0 Å². The minimum atomic E-state index is -1.21. The maximum atomic E-state index is 12.3. The molecule has 1 unspecified atom stereocenters. The van der Waals surface area contributed by atoms with Gasteiger partial charge in [0.25, 0.3) is 0 Å². The Morgan fingerprint density at radius 2 is 1.80 bits per heavy atom. The van der Waals surface area contributed by atoms with E-state index in [0.717, 1.165) is 11.1 Å². The van der Waals surface area contributed by atoms with Crippen molar-refractivity contribution < 1.29 is 9.00 Å². The summed E-state index contributed by atoms with van der Waals surface area (Å²) in [7, 11) is -1.21. The molecule has 0 aliphatic carbocycles. The molecule has 0 saturated carbocycles. The summed E-state index contributed by atoms with van der Waals surface area (Å²) in [5, 5.41) is 0. The fraction of sp³-hybridized carbons (Fsp3) is 0.133. The molecule has 2 rings (SSSR count). The Hall–Kier alpha value is -2.14. The first-order valence-corrected chi connectivity index (χ1v) is 7.42. The van der Waals surface area contributed by atoms with Gasteiger partial charge in [0.05, 0.1) is 21.4 Å². The predicted molar refractivity (Wildman–Crippen MR) is 80.7 cm³/mol. The number of aryl methyl sites for hydroxylation is 1. The topological polar surface area (TPSA) is 86.2 Å². The lowest BCUT2D eigenvalue weighted by atomic mass is 10.1. The molecule has 5 heteroatoms. The summed E-state index contributed by atoms with van der Waals surface area (Å²) in [5.74, 6) is -0.118. The van der Waals surface area contributed by atoms with E-state index in [9.17, 15) is 9.00 Å². The second-order valence-corrected chi connectivity index (χ2v) is 6.01. The van der Waals surface area contributed by atoms with Gasteiger partial charge in [0, 0.05) is 11.3 Å². The number of hydrogen-bond donors (Lipinski definition) is 2. The van der Waals surface area contributed by atoms with Crippen LogP contribution in [0.4, 0.5) is 5.69 Å². The first-order chi connectivity index (χ1) is 9.47. The molecular weight excluding hydrogens is 272 g/mol. The molecule has 104 valence electrons. The zero-order valence-electron chi connectivity index (χ0n) is 11.1. The number of anilines is 1. The number of hydrogen-bond acceptors (Lipinski definition) is 3. The summed E-state index contributed by atoms with van der Waals surface area (Å²) in [4.78, 5) is 11.6. The Bertz CT molecular complexity index is 666. The van der Waals surface area contributed by atoms with Gasteiger partial charge < -0.3 is 11.5 Å². The molecule has 0 aliphatic heterocycles. The van der Waals surface area contributed by atoms with Crippen LogP contribution in [-0.4, -0.2) is 10.1 Å². The summed E-state index contributed by atoms with van der Waals surface area (Å²) in [6.07, 6.45) is 0. The molecule has 1 amide bonds. The molecule has 4 N–H and O–H groups in total. The van der Waals surface area contributed by atoms with Crippen LogP contribution >= 0.6 is 0 Å². The molecule has 0 radical (unpaired) electrons. The number of nitrogen functional groups attached to an aromatic ring is 1. The van der Waals surface area contributed by atoms with Gasteiger partial charge in [0.2, 0.25) is 5.91 Å². The van der Waals surface area contributed by atoms with Gasteiger partial charge in [-0.05, 0) is 42.3 Å². The fourth-order valence-electron chi connectivity index (χ4n) is 1.87. The van der Waals surface area contributed by atoms with Gasteiger partial charge in [0.1, 0.15) is 0 Å². The summed E-state index contributed by atoms with van der Waals surface area (Å²) >= 11 is 0. The third-order valence-electron chi connectivity index (χ3n) is 2.95. The maximum Gasteiger partial charge on any atom is 0.248 e. The average molecular weight is 288 g/mol. The monoisotopic (exact) mass is 288 g/mol. The van der Waals surface area contributed by atoms with Crippen molar-refractivity contribution in [1.82, 2.24) is 0 Å². The van der Waals surface area contributed by atoms with Crippen LogP contribution in [0.15, 0.2) is 47.4 Å². The van der Waals surface area contributed by atoms with Gasteiger partial charge in [-0.3, -0.25) is 9.00 Å². The second kappa shape index (κ2) is 5.88. The SMILES string of the molecule is Cc1ccc(S(=O)Cc2ccc(C(N)=O)cc2)c(N)c1. The van der Waals surface area contributed by atoms with Crippen LogP contribution in [0.5, 0.6) is 0 Å². The molecule has 0 fully saturated rings. The van der Waals surface area contributed by atoms with Crippen molar-refractivity contribution in [3.05, 3.63) is 59.2 Å². The molecule has 0 aliphatic rings. The summed E-state index contributed by atoms with van der Waals surface area (Å²) in [6, 6.07) is 12.3. The Morgan fingerprint density at radius 1 is 1.15 bits per heavy atom. The van der Waals surface area contributed by atoms with Crippen molar-refractivity contribution in [2.24, 2.45) is 5.73 Å². The molecule has 0 aromatic heterocycles. The molecule has 2 aromatic rings. The number of amides is 1. The van der Waals surface area contributed by atoms with Crippen LogP contribution in [-0.2, 0) is 16.6 Å². The number of benzene rings is 2. The molecule has 20 heavy (non-hydrogen) atoms. The van der Waals surface area contributed by atoms with E-state index < -0.39 is 16.7 Å². The van der Waals surface area contributed by atoms with E-state index in [1.54, 1.807) is 30.3 Å². The maximum absolute atomic E-state index is 12.3. The number of rotatable bonds is 4. The Kier molecular flexibility index (Phi) is 4.20. The van der Waals surface area contributed by atoms with Crippen LogP contribution in [0.3, 0.4) is 0 Å². The van der Waals surface area contributed by atoms with Crippen molar-refractivity contribution in [2.75, 3.05) is 5.73 Å². The van der Waals surface area contributed by atoms with Crippen molar-refractivity contribution in [3.8, 4) is 0 Å². The number of carbonyl (C=O) groups excluding carboxylic acids is 1. The lowest BCUT2D eigenvalue weighted by Crippen LogP contribution is -2.10. The third kappa shape index (κ3) is 3.24. The molecule has 0 heterocycles. The number of primary amides is 1.